The van der Waals surface area contributed by atoms with Gasteiger partial charge < -0.3 is 10.1 Å². The lowest BCUT2D eigenvalue weighted by molar-refractivity contribution is -0.158. The number of carbonyl (C=O) groups is 3. The molecular formula is C20H26F2N4O5. The summed E-state index contributed by atoms with van der Waals surface area (Å²) < 4.78 is 27.7. The number of rotatable bonds is 7. The standard InChI is InChI=1S/C20H26F2N4O5/c21-15-5-6-18(26(31)11-15)23-19(28)17-8-16(22)10-25(17)20(29)14(9-24(30)12-27)7-13-3-1-2-4-13/h5-6,11-14,16-17,30-31H,1-4,7-10H2/t14-,16-,17+/m1/s1. The number of carbonyl (C=O) groups excluding carboxylic acids is 3. The topological polar surface area (TPSA) is 115 Å². The van der Waals surface area contributed by atoms with E-state index in [-0.39, 0.29) is 37.3 Å². The Morgan fingerprint density at radius 2 is 2.03 bits per heavy atom. The van der Waals surface area contributed by atoms with E-state index in [1.165, 1.54) is 0 Å². The van der Waals surface area contributed by atoms with Gasteiger partial charge >= 0.3 is 0 Å². The molecule has 31 heavy (non-hydrogen) atoms. The molecule has 1 aromatic rings. The molecule has 3 rings (SSSR count). The van der Waals surface area contributed by atoms with Crippen LogP contribution in [0.4, 0.5) is 8.78 Å². The first kappa shape index (κ1) is 22.9. The zero-order valence-corrected chi connectivity index (χ0v) is 16.9. The average molecular weight is 440 g/mol. The largest absolute Gasteiger partial charge is 0.427 e. The van der Waals surface area contributed by atoms with Crippen LogP contribution in [0.5, 0.6) is 0 Å². The first-order valence-electron chi connectivity index (χ1n) is 10.3. The lowest BCUT2D eigenvalue weighted by Gasteiger charge is -2.29. The molecule has 0 bridgehead atoms. The Morgan fingerprint density at radius 1 is 1.32 bits per heavy atom. The third-order valence-corrected chi connectivity index (χ3v) is 5.89. The number of hydrogen-bond donors (Lipinski definition) is 2. The van der Waals surface area contributed by atoms with Crippen molar-refractivity contribution in [2.75, 3.05) is 13.1 Å². The van der Waals surface area contributed by atoms with Crippen molar-refractivity contribution in [1.82, 2.24) is 14.7 Å². The number of pyridine rings is 1. The summed E-state index contributed by atoms with van der Waals surface area (Å²) in [7, 11) is 0. The van der Waals surface area contributed by atoms with Gasteiger partial charge in [-0.1, -0.05) is 25.7 Å². The van der Waals surface area contributed by atoms with Crippen molar-refractivity contribution in [3.8, 4) is 0 Å². The van der Waals surface area contributed by atoms with E-state index in [4.69, 9.17) is 0 Å². The maximum absolute atomic E-state index is 14.2. The molecular weight excluding hydrogens is 414 g/mol. The first-order valence-corrected chi connectivity index (χ1v) is 10.3. The Kier molecular flexibility index (Phi) is 7.37. The Hall–Kier alpha value is -2.82. The number of alkyl halides is 1. The van der Waals surface area contributed by atoms with Crippen molar-refractivity contribution < 1.29 is 33.6 Å². The Morgan fingerprint density at radius 3 is 2.68 bits per heavy atom. The number of amides is 3. The number of halogens is 2. The predicted octanol–water partition coefficient (Wildman–Crippen LogP) is 1.27. The van der Waals surface area contributed by atoms with E-state index in [1.54, 1.807) is 0 Å². The van der Waals surface area contributed by atoms with Crippen LogP contribution in [0.3, 0.4) is 0 Å². The summed E-state index contributed by atoms with van der Waals surface area (Å²) in [6.45, 7) is -0.556. The molecule has 3 amide bonds. The SMILES string of the molecule is O=CN(O)C[C@@H](CC1CCCC1)C(=O)N1C[C@H](F)C[C@H]1C(=O)N=c1ccc(F)cn1O. The number of hydroxylamine groups is 2. The maximum Gasteiger partial charge on any atom is 0.270 e. The van der Waals surface area contributed by atoms with Crippen LogP contribution in [0.15, 0.2) is 23.3 Å². The van der Waals surface area contributed by atoms with Crippen molar-refractivity contribution in [2.24, 2.45) is 16.8 Å². The van der Waals surface area contributed by atoms with E-state index in [1.807, 2.05) is 0 Å². The maximum atomic E-state index is 14.2. The van der Waals surface area contributed by atoms with Crippen molar-refractivity contribution in [3.63, 3.8) is 0 Å². The molecule has 2 aliphatic rings. The van der Waals surface area contributed by atoms with Crippen LogP contribution in [-0.2, 0) is 14.4 Å². The van der Waals surface area contributed by atoms with Gasteiger partial charge in [0.1, 0.15) is 18.0 Å². The summed E-state index contributed by atoms with van der Waals surface area (Å²) in [5, 5.41) is 19.7. The van der Waals surface area contributed by atoms with Gasteiger partial charge in [0.2, 0.25) is 12.3 Å². The zero-order valence-electron chi connectivity index (χ0n) is 16.9. The van der Waals surface area contributed by atoms with Crippen LogP contribution in [0, 0.1) is 17.7 Å². The number of likely N-dealkylation sites (tertiary alicyclic amines) is 1. The second kappa shape index (κ2) is 9.99. The fraction of sp³-hybridized carbons (Fsp3) is 0.600. The fourth-order valence-corrected chi connectivity index (χ4v) is 4.40. The lowest BCUT2D eigenvalue weighted by atomic mass is 9.91. The van der Waals surface area contributed by atoms with Gasteiger partial charge in [0.15, 0.2) is 5.49 Å². The quantitative estimate of drug-likeness (QED) is 0.287. The highest BCUT2D eigenvalue weighted by molar-refractivity contribution is 5.90. The summed E-state index contributed by atoms with van der Waals surface area (Å²) in [4.78, 5) is 41.6. The van der Waals surface area contributed by atoms with E-state index in [9.17, 15) is 33.6 Å². The van der Waals surface area contributed by atoms with Crippen molar-refractivity contribution >= 4 is 18.2 Å². The predicted molar refractivity (Wildman–Crippen MR) is 102 cm³/mol. The van der Waals surface area contributed by atoms with Crippen LogP contribution in [0.1, 0.15) is 38.5 Å². The summed E-state index contributed by atoms with van der Waals surface area (Å²) in [5.74, 6) is -2.65. The van der Waals surface area contributed by atoms with Gasteiger partial charge in [-0.2, -0.15) is 9.72 Å². The third-order valence-electron chi connectivity index (χ3n) is 5.89. The Balaban J connectivity index is 1.81. The minimum Gasteiger partial charge on any atom is -0.427 e. The van der Waals surface area contributed by atoms with Gasteiger partial charge in [0.25, 0.3) is 5.91 Å². The Labute approximate surface area is 177 Å². The first-order chi connectivity index (χ1) is 14.8. The highest BCUT2D eigenvalue weighted by Crippen LogP contribution is 2.32. The number of aromatic nitrogens is 1. The molecule has 2 N–H and O–H groups in total. The smallest absolute Gasteiger partial charge is 0.270 e. The van der Waals surface area contributed by atoms with E-state index >= 15 is 0 Å². The molecule has 0 aromatic carbocycles. The van der Waals surface area contributed by atoms with E-state index in [2.05, 4.69) is 4.99 Å². The highest BCUT2D eigenvalue weighted by Gasteiger charge is 2.42. The molecule has 170 valence electrons. The number of nitrogens with zero attached hydrogens (tertiary/aromatic N) is 4. The van der Waals surface area contributed by atoms with Crippen LogP contribution in [0.2, 0.25) is 0 Å². The molecule has 0 unspecified atom stereocenters. The van der Waals surface area contributed by atoms with E-state index < -0.39 is 35.8 Å². The molecule has 2 heterocycles. The van der Waals surface area contributed by atoms with Crippen LogP contribution >= 0.6 is 0 Å². The normalized spacial score (nSPS) is 23.2. The molecule has 3 atom stereocenters. The second-order valence-corrected chi connectivity index (χ2v) is 8.15. The minimum absolute atomic E-state index is 0.198. The molecule has 11 heteroatoms. The molecule has 1 aromatic heterocycles. The summed E-state index contributed by atoms with van der Waals surface area (Å²) >= 11 is 0. The monoisotopic (exact) mass is 440 g/mol. The van der Waals surface area contributed by atoms with E-state index in [0.717, 1.165) is 42.7 Å². The second-order valence-electron chi connectivity index (χ2n) is 8.15. The minimum atomic E-state index is -1.44. The fourth-order valence-electron chi connectivity index (χ4n) is 4.40. The van der Waals surface area contributed by atoms with Crippen molar-refractivity contribution in [2.45, 2.75) is 50.7 Å². The lowest BCUT2D eigenvalue weighted by Crippen LogP contribution is -2.46. The summed E-state index contributed by atoms with van der Waals surface area (Å²) in [6, 6.07) is 0.890. The number of hydrogen-bond acceptors (Lipinski definition) is 5. The van der Waals surface area contributed by atoms with Crippen molar-refractivity contribution in [1.29, 1.82) is 0 Å². The molecule has 1 aliphatic heterocycles. The average Bonchev–Trinajstić information content (AvgIpc) is 3.38. The molecule has 0 radical (unpaired) electrons. The molecule has 1 aliphatic carbocycles. The molecule has 9 nitrogen and oxygen atoms in total. The van der Waals surface area contributed by atoms with Gasteiger partial charge in [-0.3, -0.25) is 19.6 Å². The zero-order chi connectivity index (χ0) is 22.5. The van der Waals surface area contributed by atoms with Crippen LogP contribution in [0.25, 0.3) is 0 Å². The van der Waals surface area contributed by atoms with Gasteiger partial charge in [-0.15, -0.1) is 0 Å². The van der Waals surface area contributed by atoms with Gasteiger partial charge in [0, 0.05) is 6.42 Å². The van der Waals surface area contributed by atoms with Gasteiger partial charge in [-0.25, -0.2) is 13.8 Å². The van der Waals surface area contributed by atoms with Gasteiger partial charge in [-0.05, 0) is 24.5 Å². The molecule has 0 spiro atoms. The summed E-state index contributed by atoms with van der Waals surface area (Å²) in [5.41, 5.74) is -0.258. The molecule has 1 saturated carbocycles. The van der Waals surface area contributed by atoms with Gasteiger partial charge in [0.05, 0.1) is 25.2 Å². The van der Waals surface area contributed by atoms with E-state index in [0.29, 0.717) is 22.4 Å². The third kappa shape index (κ3) is 5.66. The van der Waals surface area contributed by atoms with Crippen molar-refractivity contribution in [3.05, 3.63) is 29.6 Å². The Bertz CT molecular complexity index is 887. The molecule has 1 saturated heterocycles. The highest BCUT2D eigenvalue weighted by atomic mass is 19.1. The van der Waals surface area contributed by atoms with Crippen LogP contribution in [-0.4, -0.2) is 68.6 Å². The summed E-state index contributed by atoms with van der Waals surface area (Å²) in [6.07, 6.45) is 3.58. The molecule has 2 fully saturated rings. The van der Waals surface area contributed by atoms with Crippen LogP contribution < -0.4 is 5.49 Å².